The van der Waals surface area contributed by atoms with Crippen LogP contribution in [0.3, 0.4) is 0 Å². The van der Waals surface area contributed by atoms with Gasteiger partial charge < -0.3 is 15.7 Å². The van der Waals surface area contributed by atoms with Crippen molar-refractivity contribution < 1.29 is 20.5 Å². The third-order valence-corrected chi connectivity index (χ3v) is 3.17. The fourth-order valence-electron chi connectivity index (χ4n) is 2.06. The summed E-state index contributed by atoms with van der Waals surface area (Å²) in [5.74, 6) is -0.676. The molecule has 0 aromatic heterocycles. The zero-order valence-electron chi connectivity index (χ0n) is 13.6. The van der Waals surface area contributed by atoms with Crippen molar-refractivity contribution in [2.45, 2.75) is 52.4 Å². The number of aliphatic carboxylic acids is 1. The molecule has 4 N–H and O–H groups in total. The SMILES string of the molecule is CC(C)(C)c1cc(/C=C/C(=O)O)cc(C(C)(C)C)c1O.O. The molecule has 0 spiro atoms. The number of carboxylic acids is 1. The van der Waals surface area contributed by atoms with Gasteiger partial charge in [-0.05, 0) is 34.6 Å². The van der Waals surface area contributed by atoms with Gasteiger partial charge in [0.05, 0.1) is 0 Å². The Balaban J connectivity index is 0.00000400. The fraction of sp³-hybridized carbons (Fsp3) is 0.471. The van der Waals surface area contributed by atoms with Crippen LogP contribution in [-0.2, 0) is 15.6 Å². The first-order chi connectivity index (χ1) is 8.93. The van der Waals surface area contributed by atoms with Crippen LogP contribution < -0.4 is 0 Å². The lowest BCUT2D eigenvalue weighted by Crippen LogP contribution is -2.17. The predicted octanol–water partition coefficient (Wildman–Crippen LogP) is 3.26. The average Bonchev–Trinajstić information content (AvgIpc) is 2.24. The van der Waals surface area contributed by atoms with Crippen molar-refractivity contribution in [1.29, 1.82) is 0 Å². The van der Waals surface area contributed by atoms with Crippen LogP contribution in [0.15, 0.2) is 18.2 Å². The lowest BCUT2D eigenvalue weighted by atomic mass is 9.78. The maximum atomic E-state index is 10.7. The minimum atomic E-state index is -0.979. The molecule has 0 aliphatic heterocycles. The first kappa shape index (κ1) is 19.2. The van der Waals surface area contributed by atoms with E-state index in [9.17, 15) is 9.90 Å². The van der Waals surface area contributed by atoms with E-state index in [1.54, 1.807) is 6.08 Å². The summed E-state index contributed by atoms with van der Waals surface area (Å²) < 4.78 is 0. The highest BCUT2D eigenvalue weighted by Crippen LogP contribution is 2.39. The molecule has 1 rings (SSSR count). The Bertz CT molecular complexity index is 508. The van der Waals surface area contributed by atoms with Crippen molar-refractivity contribution in [2.24, 2.45) is 0 Å². The Hall–Kier alpha value is -1.81. The average molecular weight is 294 g/mol. The Labute approximate surface area is 126 Å². The van der Waals surface area contributed by atoms with Gasteiger partial charge >= 0.3 is 5.97 Å². The van der Waals surface area contributed by atoms with Crippen LogP contribution in [0.5, 0.6) is 5.75 Å². The van der Waals surface area contributed by atoms with Gasteiger partial charge in [-0.15, -0.1) is 0 Å². The van der Waals surface area contributed by atoms with Gasteiger partial charge in [0.1, 0.15) is 5.75 Å². The van der Waals surface area contributed by atoms with E-state index in [1.807, 2.05) is 53.7 Å². The number of hydrogen-bond acceptors (Lipinski definition) is 2. The molecule has 4 nitrogen and oxygen atoms in total. The molecule has 0 aliphatic carbocycles. The van der Waals surface area contributed by atoms with Gasteiger partial charge in [-0.25, -0.2) is 4.79 Å². The Morgan fingerprint density at radius 1 is 1.00 bits per heavy atom. The summed E-state index contributed by atoms with van der Waals surface area (Å²) in [6.07, 6.45) is 2.68. The molecule has 0 atom stereocenters. The third kappa shape index (κ3) is 4.90. The van der Waals surface area contributed by atoms with Gasteiger partial charge in [0, 0.05) is 17.2 Å². The largest absolute Gasteiger partial charge is 0.507 e. The van der Waals surface area contributed by atoms with Crippen LogP contribution in [0, 0.1) is 0 Å². The molecular formula is C17H26O4. The molecule has 0 radical (unpaired) electrons. The second-order valence-electron chi connectivity index (χ2n) is 7.14. The van der Waals surface area contributed by atoms with Crippen LogP contribution in [0.4, 0.5) is 0 Å². The predicted molar refractivity (Wildman–Crippen MR) is 85.8 cm³/mol. The van der Waals surface area contributed by atoms with Gasteiger partial charge in [0.2, 0.25) is 0 Å². The molecule has 0 heterocycles. The van der Waals surface area contributed by atoms with E-state index in [4.69, 9.17) is 5.11 Å². The molecule has 0 bridgehead atoms. The topological polar surface area (TPSA) is 89.0 Å². The van der Waals surface area contributed by atoms with E-state index >= 15 is 0 Å². The monoisotopic (exact) mass is 294 g/mol. The van der Waals surface area contributed by atoms with E-state index in [-0.39, 0.29) is 16.3 Å². The third-order valence-electron chi connectivity index (χ3n) is 3.17. The van der Waals surface area contributed by atoms with Gasteiger partial charge in [-0.3, -0.25) is 0 Å². The highest BCUT2D eigenvalue weighted by atomic mass is 16.4. The summed E-state index contributed by atoms with van der Waals surface area (Å²) in [5, 5.41) is 19.3. The molecule has 0 saturated carbocycles. The number of hydrogen-bond donors (Lipinski definition) is 2. The second kappa shape index (κ2) is 6.31. The van der Waals surface area contributed by atoms with Gasteiger partial charge in [-0.1, -0.05) is 41.5 Å². The first-order valence-corrected chi connectivity index (χ1v) is 6.72. The van der Waals surface area contributed by atoms with Crippen molar-refractivity contribution >= 4 is 12.0 Å². The maximum Gasteiger partial charge on any atom is 0.328 e. The standard InChI is InChI=1S/C17H24O3.H2O/c1-16(2,3)12-9-11(7-8-14(18)19)10-13(15(12)20)17(4,5)6;/h7-10,20H,1-6H3,(H,18,19);1H2/b8-7+;. The summed E-state index contributed by atoms with van der Waals surface area (Å²) >= 11 is 0. The first-order valence-electron chi connectivity index (χ1n) is 6.72. The Morgan fingerprint density at radius 2 is 1.38 bits per heavy atom. The normalized spacial score (nSPS) is 12.3. The van der Waals surface area contributed by atoms with Crippen molar-refractivity contribution in [2.75, 3.05) is 0 Å². The molecule has 21 heavy (non-hydrogen) atoms. The lowest BCUT2D eigenvalue weighted by Gasteiger charge is -2.27. The Kier molecular flexibility index (Phi) is 5.76. The number of benzene rings is 1. The van der Waals surface area contributed by atoms with Crippen molar-refractivity contribution in [3.8, 4) is 5.75 Å². The quantitative estimate of drug-likeness (QED) is 0.820. The van der Waals surface area contributed by atoms with Crippen molar-refractivity contribution in [3.63, 3.8) is 0 Å². The van der Waals surface area contributed by atoms with Crippen molar-refractivity contribution in [1.82, 2.24) is 0 Å². The minimum absolute atomic E-state index is 0. The van der Waals surface area contributed by atoms with Crippen molar-refractivity contribution in [3.05, 3.63) is 34.9 Å². The smallest absolute Gasteiger partial charge is 0.328 e. The van der Waals surface area contributed by atoms with Crippen LogP contribution >= 0.6 is 0 Å². The van der Waals surface area contributed by atoms with E-state index in [1.165, 1.54) is 0 Å². The molecule has 0 amide bonds. The molecular weight excluding hydrogens is 268 g/mol. The van der Waals surface area contributed by atoms with Crippen LogP contribution in [0.2, 0.25) is 0 Å². The summed E-state index contributed by atoms with van der Waals surface area (Å²) in [6, 6.07) is 3.70. The number of carboxylic acid groups (broad SMARTS) is 1. The Morgan fingerprint density at radius 3 is 1.67 bits per heavy atom. The van der Waals surface area contributed by atoms with Gasteiger partial charge in [0.25, 0.3) is 0 Å². The highest BCUT2D eigenvalue weighted by Gasteiger charge is 2.26. The molecule has 4 heteroatoms. The zero-order valence-corrected chi connectivity index (χ0v) is 13.6. The summed E-state index contributed by atoms with van der Waals surface area (Å²) in [7, 11) is 0. The number of aromatic hydroxyl groups is 1. The molecule has 0 saturated heterocycles. The minimum Gasteiger partial charge on any atom is -0.507 e. The number of rotatable bonds is 2. The van der Waals surface area contributed by atoms with E-state index in [2.05, 4.69) is 0 Å². The molecule has 1 aromatic carbocycles. The lowest BCUT2D eigenvalue weighted by molar-refractivity contribution is -0.131. The number of carbonyl (C=O) groups is 1. The second-order valence-corrected chi connectivity index (χ2v) is 7.14. The zero-order chi connectivity index (χ0) is 15.7. The summed E-state index contributed by atoms with van der Waals surface area (Å²) in [6.45, 7) is 12.2. The summed E-state index contributed by atoms with van der Waals surface area (Å²) in [5.41, 5.74) is 2.03. The van der Waals surface area contributed by atoms with Crippen LogP contribution in [0.1, 0.15) is 58.2 Å². The molecule has 0 fully saturated rings. The number of phenols is 1. The van der Waals surface area contributed by atoms with E-state index in [0.29, 0.717) is 5.75 Å². The fourth-order valence-corrected chi connectivity index (χ4v) is 2.06. The molecule has 0 unspecified atom stereocenters. The van der Waals surface area contributed by atoms with Crippen LogP contribution in [-0.4, -0.2) is 21.7 Å². The van der Waals surface area contributed by atoms with E-state index < -0.39 is 5.97 Å². The molecule has 118 valence electrons. The molecule has 1 aromatic rings. The summed E-state index contributed by atoms with van der Waals surface area (Å²) in [4.78, 5) is 10.7. The maximum absolute atomic E-state index is 10.7. The highest BCUT2D eigenvalue weighted by molar-refractivity contribution is 5.85. The van der Waals surface area contributed by atoms with Gasteiger partial charge in [0.15, 0.2) is 0 Å². The van der Waals surface area contributed by atoms with E-state index in [0.717, 1.165) is 22.8 Å². The van der Waals surface area contributed by atoms with Crippen LogP contribution in [0.25, 0.3) is 6.08 Å². The van der Waals surface area contributed by atoms with Gasteiger partial charge in [-0.2, -0.15) is 0 Å². The number of phenolic OH excluding ortho intramolecular Hbond substituents is 1. The molecule has 0 aliphatic rings.